The quantitative estimate of drug-likeness (QED) is 0.128. The van der Waals surface area contributed by atoms with Crippen LogP contribution in [0.3, 0.4) is 0 Å². The lowest BCUT2D eigenvalue weighted by molar-refractivity contribution is -0.148. The molecule has 1 aromatic carbocycles. The number of carbonyl (C=O) groups is 1. The van der Waals surface area contributed by atoms with E-state index in [1.165, 1.54) is 10.8 Å². The van der Waals surface area contributed by atoms with Crippen molar-refractivity contribution in [2.75, 3.05) is 13.2 Å². The maximum atomic E-state index is 14.3. The van der Waals surface area contributed by atoms with E-state index in [2.05, 4.69) is 35.7 Å². The van der Waals surface area contributed by atoms with Gasteiger partial charge in [0.1, 0.15) is 48.3 Å². The van der Waals surface area contributed by atoms with Crippen molar-refractivity contribution >= 4 is 19.6 Å². The van der Waals surface area contributed by atoms with Gasteiger partial charge in [-0.05, 0) is 56.3 Å². The van der Waals surface area contributed by atoms with Gasteiger partial charge in [-0.2, -0.15) is 13.2 Å². The minimum atomic E-state index is -4.69. The minimum absolute atomic E-state index is 0.00622. The number of ether oxygens (including phenoxy) is 2. The molecule has 0 atom stereocenters. The maximum Gasteiger partial charge on any atom is 0.435 e. The molecular formula is C32H35F3N3O4Si+. The smallest absolute Gasteiger partial charge is 0.435 e. The number of carboxylic acids is 1. The third kappa shape index (κ3) is 8.07. The summed E-state index contributed by atoms with van der Waals surface area (Å²) in [5, 5.41) is 9.27. The van der Waals surface area contributed by atoms with Crippen LogP contribution in [0.2, 0.25) is 25.7 Å². The number of allylic oxidation sites excluding steroid dienone is 6. The first-order chi connectivity index (χ1) is 20.2. The van der Waals surface area contributed by atoms with Crippen molar-refractivity contribution in [1.29, 1.82) is 0 Å². The van der Waals surface area contributed by atoms with Gasteiger partial charge in [0.15, 0.2) is 5.69 Å². The van der Waals surface area contributed by atoms with E-state index in [4.69, 9.17) is 9.47 Å². The van der Waals surface area contributed by atoms with E-state index in [9.17, 15) is 23.1 Å². The zero-order chi connectivity index (χ0) is 31.4. The van der Waals surface area contributed by atoms with Crippen molar-refractivity contribution < 1.29 is 32.5 Å². The van der Waals surface area contributed by atoms with Crippen LogP contribution in [0, 0.1) is 11.5 Å². The van der Waals surface area contributed by atoms with Crippen LogP contribution in [0.15, 0.2) is 66.9 Å². The van der Waals surface area contributed by atoms with Crippen LogP contribution in [0.4, 0.5) is 13.2 Å². The largest absolute Gasteiger partial charge is 0.492 e. The average molecular weight is 611 g/mol. The van der Waals surface area contributed by atoms with Crippen molar-refractivity contribution in [3.8, 4) is 28.4 Å². The van der Waals surface area contributed by atoms with Crippen LogP contribution < -0.4 is 4.74 Å². The van der Waals surface area contributed by atoms with Crippen LogP contribution in [0.5, 0.6) is 5.75 Å². The second-order valence-electron chi connectivity index (χ2n) is 12.1. The molecule has 0 bridgehead atoms. The first-order valence-electron chi connectivity index (χ1n) is 13.8. The van der Waals surface area contributed by atoms with Crippen LogP contribution in [0.25, 0.3) is 28.2 Å². The molecule has 0 unspecified atom stereocenters. The molecule has 0 spiro atoms. The summed E-state index contributed by atoms with van der Waals surface area (Å²) in [4.78, 5) is 19.9. The topological polar surface area (TPSA) is 86.5 Å². The van der Waals surface area contributed by atoms with Crippen molar-refractivity contribution in [2.45, 2.75) is 52.4 Å². The molecule has 0 radical (unpaired) electrons. The fourth-order valence-electron chi connectivity index (χ4n) is 4.11. The number of carboxylic acid groups (broad SMARTS) is 1. The fraction of sp³-hybridized carbons (Fsp3) is 0.344. The molecule has 7 nitrogen and oxygen atoms in total. The van der Waals surface area contributed by atoms with Crippen molar-refractivity contribution in [1.82, 2.24) is 14.5 Å². The third-order valence-corrected chi connectivity index (χ3v) is 8.50. The summed E-state index contributed by atoms with van der Waals surface area (Å²) >= 11 is 0. The Balaban J connectivity index is 1.64. The molecule has 1 aliphatic rings. The predicted octanol–water partition coefficient (Wildman–Crippen LogP) is 7.75. The zero-order valence-electron chi connectivity index (χ0n) is 24.8. The molecule has 226 valence electrons. The second-order valence-corrected chi connectivity index (χ2v) is 17.8. The predicted molar refractivity (Wildman–Crippen MR) is 162 cm³/mol. The first kappa shape index (κ1) is 31.9. The van der Waals surface area contributed by atoms with Crippen molar-refractivity contribution in [3.63, 3.8) is 0 Å². The number of hydrogen-bond donors (Lipinski definition) is 1. The lowest BCUT2D eigenvalue weighted by Crippen LogP contribution is -2.30. The van der Waals surface area contributed by atoms with Crippen LogP contribution in [0.1, 0.15) is 25.2 Å². The van der Waals surface area contributed by atoms with Gasteiger partial charge < -0.3 is 14.6 Å². The Kier molecular flexibility index (Phi) is 9.39. The average Bonchev–Trinajstić information content (AvgIpc) is 3.35. The van der Waals surface area contributed by atoms with Gasteiger partial charge in [-0.25, -0.2) is 4.98 Å². The van der Waals surface area contributed by atoms with E-state index in [0.717, 1.165) is 11.6 Å². The summed E-state index contributed by atoms with van der Waals surface area (Å²) < 4.78 is 55.9. The Bertz CT molecular complexity index is 1530. The number of halogens is 3. The molecule has 2 aromatic heterocycles. The number of rotatable bonds is 12. The SMILES string of the molecule is CC(C)(COc1ccc(-c2ccc(-c3nc(C(F)(F)F)c(C4=CC=[C+]C=C4)n3COCC[Si](C)(C)C)cn2)cc1)C(=O)O. The Morgan fingerprint density at radius 2 is 1.77 bits per heavy atom. The number of aromatic nitrogens is 3. The standard InChI is InChI=1S/C32H34F3N3O4Si/c1-31(2,30(39)40)20-42-25-14-11-22(12-15-25)26-16-13-24(19-36-26)29-37-28(32(33,34)35)27(23-9-7-6-8-10-23)38(29)21-41-17-18-43(3,4)5/h7-16,19H,17-18,20-21H2,1-5H3/p+1. The lowest BCUT2D eigenvalue weighted by atomic mass is 9.95. The summed E-state index contributed by atoms with van der Waals surface area (Å²) in [5.74, 6) is -0.340. The monoisotopic (exact) mass is 610 g/mol. The molecule has 1 N–H and O–H groups in total. The highest BCUT2D eigenvalue weighted by molar-refractivity contribution is 6.76. The molecule has 43 heavy (non-hydrogen) atoms. The van der Waals surface area contributed by atoms with Crippen molar-refractivity contribution in [3.05, 3.63) is 84.4 Å². The van der Waals surface area contributed by atoms with Crippen LogP contribution >= 0.6 is 0 Å². The Hall–Kier alpha value is -4.05. The van der Waals surface area contributed by atoms with E-state index in [1.54, 1.807) is 74.5 Å². The third-order valence-electron chi connectivity index (χ3n) is 6.79. The van der Waals surface area contributed by atoms with Gasteiger partial charge >= 0.3 is 12.1 Å². The Morgan fingerprint density at radius 1 is 1.07 bits per heavy atom. The number of pyridine rings is 1. The highest BCUT2D eigenvalue weighted by atomic mass is 28.3. The minimum Gasteiger partial charge on any atom is -0.492 e. The van der Waals surface area contributed by atoms with Gasteiger partial charge in [-0.1, -0.05) is 19.6 Å². The van der Waals surface area contributed by atoms with Gasteiger partial charge in [0.05, 0.1) is 23.3 Å². The van der Waals surface area contributed by atoms with Crippen LogP contribution in [-0.2, 0) is 22.4 Å². The first-order valence-corrected chi connectivity index (χ1v) is 17.5. The normalized spacial score (nSPS) is 13.5. The van der Waals surface area contributed by atoms with Gasteiger partial charge in [0.25, 0.3) is 0 Å². The summed E-state index contributed by atoms with van der Waals surface area (Å²) in [6, 6.07) is 11.3. The number of alkyl halides is 3. The summed E-state index contributed by atoms with van der Waals surface area (Å²) in [5.41, 5.74) is 0.0202. The van der Waals surface area contributed by atoms with E-state index < -0.39 is 31.3 Å². The molecule has 0 saturated carbocycles. The lowest BCUT2D eigenvalue weighted by Gasteiger charge is -2.19. The van der Waals surface area contributed by atoms with E-state index >= 15 is 0 Å². The van der Waals surface area contributed by atoms with Gasteiger partial charge in [-0.15, -0.1) is 0 Å². The molecule has 1 aliphatic carbocycles. The van der Waals surface area contributed by atoms with E-state index in [1.807, 2.05) is 0 Å². The molecule has 3 aromatic rings. The van der Waals surface area contributed by atoms with Crippen molar-refractivity contribution in [2.24, 2.45) is 5.41 Å². The van der Waals surface area contributed by atoms with Gasteiger partial charge in [0.2, 0.25) is 0 Å². The second kappa shape index (κ2) is 12.7. The fourth-order valence-corrected chi connectivity index (χ4v) is 4.87. The maximum absolute atomic E-state index is 14.3. The van der Waals surface area contributed by atoms with E-state index in [0.29, 0.717) is 29.2 Å². The summed E-state index contributed by atoms with van der Waals surface area (Å²) in [6.07, 6.45) is 5.95. The number of hydrogen-bond acceptors (Lipinski definition) is 5. The molecule has 2 heterocycles. The summed E-state index contributed by atoms with van der Waals surface area (Å²) in [7, 11) is -1.41. The van der Waals surface area contributed by atoms with Gasteiger partial charge in [0, 0.05) is 38.1 Å². The molecule has 0 amide bonds. The molecular weight excluding hydrogens is 575 g/mol. The van der Waals surface area contributed by atoms with Gasteiger partial charge in [-0.3, -0.25) is 14.3 Å². The highest BCUT2D eigenvalue weighted by Gasteiger charge is 2.41. The number of aliphatic carboxylic acids is 1. The van der Waals surface area contributed by atoms with E-state index in [-0.39, 0.29) is 24.9 Å². The number of nitrogens with zero attached hydrogens (tertiary/aromatic N) is 3. The molecule has 11 heteroatoms. The number of imidazole rings is 1. The molecule has 4 rings (SSSR count). The molecule has 0 fully saturated rings. The Morgan fingerprint density at radius 3 is 2.33 bits per heavy atom. The molecule has 0 saturated heterocycles. The Labute approximate surface area is 250 Å². The number of benzene rings is 1. The zero-order valence-corrected chi connectivity index (χ0v) is 25.8. The summed E-state index contributed by atoms with van der Waals surface area (Å²) in [6.45, 7) is 10.1. The van der Waals surface area contributed by atoms with Crippen LogP contribution in [-0.4, -0.2) is 46.9 Å². The molecule has 0 aliphatic heterocycles. The highest BCUT2D eigenvalue weighted by Crippen LogP contribution is 2.39.